The fourth-order valence-electron chi connectivity index (χ4n) is 3.09. The molecule has 1 heterocycles. The molecule has 0 saturated heterocycles. The van der Waals surface area contributed by atoms with E-state index in [-0.39, 0.29) is 5.91 Å². The van der Waals surface area contributed by atoms with Crippen molar-refractivity contribution in [3.05, 3.63) is 56.9 Å². The van der Waals surface area contributed by atoms with Gasteiger partial charge < -0.3 is 10.1 Å². The van der Waals surface area contributed by atoms with Crippen molar-refractivity contribution in [1.82, 2.24) is 0 Å². The van der Waals surface area contributed by atoms with E-state index in [9.17, 15) is 9.59 Å². The van der Waals surface area contributed by atoms with Crippen LogP contribution in [0.15, 0.2) is 30.3 Å². The van der Waals surface area contributed by atoms with Crippen LogP contribution in [-0.2, 0) is 22.4 Å². The van der Waals surface area contributed by atoms with Gasteiger partial charge in [0.05, 0.1) is 12.7 Å². The van der Waals surface area contributed by atoms with Gasteiger partial charge in [0.1, 0.15) is 5.00 Å². The number of carbonyl (C=O) groups excluding carboxylic acids is 2. The first-order valence-corrected chi connectivity index (χ1v) is 9.65. The molecule has 0 aliphatic heterocycles. The largest absolute Gasteiger partial charge is 0.465 e. The third-order valence-corrected chi connectivity index (χ3v) is 5.97. The summed E-state index contributed by atoms with van der Waals surface area (Å²) in [4.78, 5) is 25.8. The van der Waals surface area contributed by atoms with Crippen molar-refractivity contribution in [3.63, 3.8) is 0 Å². The molecule has 1 N–H and O–H groups in total. The third kappa shape index (κ3) is 4.00. The molecule has 4 nitrogen and oxygen atoms in total. The average Bonchev–Trinajstić information content (AvgIpc) is 2.97. The van der Waals surface area contributed by atoms with E-state index in [2.05, 4.69) is 12.2 Å². The van der Waals surface area contributed by atoms with Gasteiger partial charge in [-0.1, -0.05) is 36.7 Å². The topological polar surface area (TPSA) is 55.4 Å². The van der Waals surface area contributed by atoms with Crippen LogP contribution in [0.3, 0.4) is 0 Å². The second kappa shape index (κ2) is 8.06. The van der Waals surface area contributed by atoms with Gasteiger partial charge in [-0.15, -0.1) is 11.3 Å². The second-order valence-electron chi connectivity index (χ2n) is 6.39. The maximum Gasteiger partial charge on any atom is 0.341 e. The van der Waals surface area contributed by atoms with E-state index in [0.717, 1.165) is 35.3 Å². The highest BCUT2D eigenvalue weighted by molar-refractivity contribution is 7.17. The number of carbonyl (C=O) groups is 2. The zero-order chi connectivity index (χ0) is 18.7. The van der Waals surface area contributed by atoms with Crippen molar-refractivity contribution in [2.75, 3.05) is 12.4 Å². The number of methoxy groups -OCH3 is 1. The molecule has 3 rings (SSSR count). The third-order valence-electron chi connectivity index (χ3n) is 4.46. The summed E-state index contributed by atoms with van der Waals surface area (Å²) >= 11 is 7.56. The van der Waals surface area contributed by atoms with Gasteiger partial charge in [-0.25, -0.2) is 4.79 Å². The Hall–Kier alpha value is -2.11. The number of hydrogen-bond donors (Lipinski definition) is 1. The number of hydrogen-bond acceptors (Lipinski definition) is 4. The fraction of sp³-hybridized carbons (Fsp3) is 0.300. The van der Waals surface area contributed by atoms with Crippen LogP contribution in [-0.4, -0.2) is 19.0 Å². The standard InChI is InChI=1S/C20H20ClNO3S/c1-12-7-9-14-16(11-12)26-19(18(14)20(24)25-2)22-17(23)10-8-13-5-3-4-6-15(13)21/h3-6,8,10,12H,7,9,11H2,1-2H3,(H,22,23). The van der Waals surface area contributed by atoms with Gasteiger partial charge in [0.15, 0.2) is 0 Å². The summed E-state index contributed by atoms with van der Waals surface area (Å²) in [6.45, 7) is 2.20. The smallest absolute Gasteiger partial charge is 0.341 e. The Kier molecular flexibility index (Phi) is 5.79. The lowest BCUT2D eigenvalue weighted by atomic mass is 9.88. The summed E-state index contributed by atoms with van der Waals surface area (Å²) in [5.41, 5.74) is 2.28. The van der Waals surface area contributed by atoms with Crippen LogP contribution in [0.25, 0.3) is 6.08 Å². The fourth-order valence-corrected chi connectivity index (χ4v) is 4.69. The molecular weight excluding hydrogens is 370 g/mol. The van der Waals surface area contributed by atoms with Crippen LogP contribution in [0.1, 0.15) is 39.7 Å². The van der Waals surface area contributed by atoms with Crippen LogP contribution in [0.5, 0.6) is 0 Å². The lowest BCUT2D eigenvalue weighted by molar-refractivity contribution is -0.111. The van der Waals surface area contributed by atoms with Crippen molar-refractivity contribution in [3.8, 4) is 0 Å². The molecule has 136 valence electrons. The summed E-state index contributed by atoms with van der Waals surface area (Å²) < 4.78 is 4.94. The van der Waals surface area contributed by atoms with Crippen molar-refractivity contribution >= 4 is 45.9 Å². The maximum atomic E-state index is 12.4. The zero-order valence-corrected chi connectivity index (χ0v) is 16.2. The van der Waals surface area contributed by atoms with E-state index in [1.54, 1.807) is 12.1 Å². The molecule has 1 unspecified atom stereocenters. The monoisotopic (exact) mass is 389 g/mol. The number of amides is 1. The number of benzene rings is 1. The Morgan fingerprint density at radius 1 is 1.35 bits per heavy atom. The highest BCUT2D eigenvalue weighted by Gasteiger charge is 2.28. The van der Waals surface area contributed by atoms with Crippen molar-refractivity contribution < 1.29 is 14.3 Å². The minimum absolute atomic E-state index is 0.304. The summed E-state index contributed by atoms with van der Waals surface area (Å²) in [6.07, 6.45) is 5.88. The number of rotatable bonds is 4. The first-order valence-electron chi connectivity index (χ1n) is 8.46. The van der Waals surface area contributed by atoms with Gasteiger partial charge >= 0.3 is 5.97 Å². The predicted octanol–water partition coefficient (Wildman–Crippen LogP) is 4.96. The van der Waals surface area contributed by atoms with Crippen LogP contribution >= 0.6 is 22.9 Å². The Labute approximate surface area is 161 Å². The van der Waals surface area contributed by atoms with Gasteiger partial charge in [-0.2, -0.15) is 0 Å². The number of esters is 1. The number of ether oxygens (including phenoxy) is 1. The average molecular weight is 390 g/mol. The Bertz CT molecular complexity index is 872. The number of anilines is 1. The van der Waals surface area contributed by atoms with E-state index < -0.39 is 5.97 Å². The van der Waals surface area contributed by atoms with Gasteiger partial charge in [0, 0.05) is 16.0 Å². The molecule has 1 aliphatic rings. The molecule has 0 saturated carbocycles. The lowest BCUT2D eigenvalue weighted by Crippen LogP contribution is -2.14. The quantitative estimate of drug-likeness (QED) is 0.593. The molecule has 0 spiro atoms. The van der Waals surface area contributed by atoms with Crippen LogP contribution in [0.4, 0.5) is 5.00 Å². The summed E-state index contributed by atoms with van der Waals surface area (Å²) in [6, 6.07) is 7.28. The predicted molar refractivity (Wildman–Crippen MR) is 106 cm³/mol. The van der Waals surface area contributed by atoms with Gasteiger partial charge in [-0.05, 0) is 48.4 Å². The summed E-state index contributed by atoms with van der Waals surface area (Å²) in [5, 5.41) is 3.97. The molecule has 0 fully saturated rings. The minimum atomic E-state index is -0.401. The molecule has 0 bridgehead atoms. The molecule has 1 amide bonds. The van der Waals surface area contributed by atoms with E-state index in [1.165, 1.54) is 24.5 Å². The van der Waals surface area contributed by atoms with Gasteiger partial charge in [0.2, 0.25) is 5.91 Å². The lowest BCUT2D eigenvalue weighted by Gasteiger charge is -2.18. The molecule has 6 heteroatoms. The van der Waals surface area contributed by atoms with E-state index in [4.69, 9.17) is 16.3 Å². The molecule has 1 atom stereocenters. The van der Waals surface area contributed by atoms with E-state index in [1.807, 2.05) is 18.2 Å². The number of halogens is 1. The normalized spacial score (nSPS) is 16.3. The van der Waals surface area contributed by atoms with Crippen molar-refractivity contribution in [2.45, 2.75) is 26.2 Å². The summed E-state index contributed by atoms with van der Waals surface area (Å²) in [7, 11) is 1.36. The van der Waals surface area contributed by atoms with E-state index in [0.29, 0.717) is 21.5 Å². The van der Waals surface area contributed by atoms with Crippen LogP contribution in [0, 0.1) is 5.92 Å². The van der Waals surface area contributed by atoms with Crippen molar-refractivity contribution in [2.24, 2.45) is 5.92 Å². The molecule has 0 radical (unpaired) electrons. The first kappa shape index (κ1) is 18.7. The van der Waals surface area contributed by atoms with Crippen LogP contribution < -0.4 is 5.32 Å². The van der Waals surface area contributed by atoms with Crippen molar-refractivity contribution in [1.29, 1.82) is 0 Å². The zero-order valence-electron chi connectivity index (χ0n) is 14.7. The molecule has 2 aromatic rings. The molecular formula is C20H20ClNO3S. The molecule has 26 heavy (non-hydrogen) atoms. The van der Waals surface area contributed by atoms with Gasteiger partial charge in [0.25, 0.3) is 0 Å². The highest BCUT2D eigenvalue weighted by atomic mass is 35.5. The number of fused-ring (bicyclic) bond motifs is 1. The minimum Gasteiger partial charge on any atom is -0.465 e. The number of thiophene rings is 1. The highest BCUT2D eigenvalue weighted by Crippen LogP contribution is 2.40. The molecule has 1 aliphatic carbocycles. The second-order valence-corrected chi connectivity index (χ2v) is 7.90. The van der Waals surface area contributed by atoms with E-state index >= 15 is 0 Å². The van der Waals surface area contributed by atoms with Crippen LogP contribution in [0.2, 0.25) is 5.02 Å². The Balaban J connectivity index is 1.84. The number of nitrogens with one attached hydrogen (secondary N) is 1. The Morgan fingerprint density at radius 2 is 2.12 bits per heavy atom. The molecule has 1 aromatic heterocycles. The Morgan fingerprint density at radius 3 is 2.85 bits per heavy atom. The maximum absolute atomic E-state index is 12.4. The molecule has 1 aromatic carbocycles. The van der Waals surface area contributed by atoms with Gasteiger partial charge in [-0.3, -0.25) is 4.79 Å². The first-order chi connectivity index (χ1) is 12.5. The SMILES string of the molecule is COC(=O)c1c(NC(=O)C=Cc2ccccc2Cl)sc2c1CCC(C)C2. The summed E-state index contributed by atoms with van der Waals surface area (Å²) in [5.74, 6) is -0.125.